The van der Waals surface area contributed by atoms with Crippen molar-refractivity contribution < 1.29 is 27.9 Å². The van der Waals surface area contributed by atoms with Crippen LogP contribution in [0.25, 0.3) is 0 Å². The third-order valence-electron chi connectivity index (χ3n) is 2.39. The van der Waals surface area contributed by atoms with Crippen LogP contribution in [0.2, 0.25) is 0 Å². The molecule has 0 aliphatic heterocycles. The fraction of sp³-hybridized carbons (Fsp3) is 0.417. The molecule has 0 amide bonds. The van der Waals surface area contributed by atoms with Gasteiger partial charge in [-0.15, -0.1) is 0 Å². The monoisotopic (exact) mass is 292 g/mol. The topological polar surface area (TPSA) is 77.1 Å². The van der Waals surface area contributed by atoms with Crippen molar-refractivity contribution in [1.82, 2.24) is 0 Å². The molecule has 0 radical (unpaired) electrons. The van der Waals surface area contributed by atoms with Crippen LogP contribution in [0.3, 0.4) is 0 Å². The van der Waals surface area contributed by atoms with Crippen molar-refractivity contribution in [2.24, 2.45) is 10.9 Å². The summed E-state index contributed by atoms with van der Waals surface area (Å²) in [4.78, 5) is 0. The maximum Gasteiger partial charge on any atom is 0.389 e. The SMILES string of the molecule is COc1cc(OCCCC(F)(F)F)cc(/C(N)=N/O)c1. The van der Waals surface area contributed by atoms with Gasteiger partial charge in [-0.3, -0.25) is 0 Å². The molecule has 0 aliphatic carbocycles. The van der Waals surface area contributed by atoms with E-state index in [1.165, 1.54) is 25.3 Å². The van der Waals surface area contributed by atoms with Crippen LogP contribution in [0.1, 0.15) is 18.4 Å². The second-order valence-corrected chi connectivity index (χ2v) is 3.95. The molecule has 0 heterocycles. The number of oxime groups is 1. The molecule has 1 aromatic carbocycles. The van der Waals surface area contributed by atoms with Crippen molar-refractivity contribution >= 4 is 5.84 Å². The summed E-state index contributed by atoms with van der Waals surface area (Å²) >= 11 is 0. The molecular weight excluding hydrogens is 277 g/mol. The van der Waals surface area contributed by atoms with E-state index in [-0.39, 0.29) is 24.6 Å². The van der Waals surface area contributed by atoms with Gasteiger partial charge in [-0.05, 0) is 18.6 Å². The summed E-state index contributed by atoms with van der Waals surface area (Å²) in [6.07, 6.45) is -5.26. The number of hydrogen-bond acceptors (Lipinski definition) is 4. The highest BCUT2D eigenvalue weighted by Crippen LogP contribution is 2.24. The number of rotatable bonds is 6. The van der Waals surface area contributed by atoms with Crippen LogP contribution in [0.4, 0.5) is 13.2 Å². The van der Waals surface area contributed by atoms with E-state index in [2.05, 4.69) is 5.16 Å². The number of methoxy groups -OCH3 is 1. The Labute approximate surface area is 113 Å². The summed E-state index contributed by atoms with van der Waals surface area (Å²) < 4.78 is 46.1. The quantitative estimate of drug-likeness (QED) is 0.278. The van der Waals surface area contributed by atoms with E-state index in [4.69, 9.17) is 20.4 Å². The van der Waals surface area contributed by atoms with Crippen LogP contribution >= 0.6 is 0 Å². The molecule has 0 aromatic heterocycles. The highest BCUT2D eigenvalue weighted by Gasteiger charge is 2.26. The minimum Gasteiger partial charge on any atom is -0.497 e. The summed E-state index contributed by atoms with van der Waals surface area (Å²) in [6, 6.07) is 4.46. The molecule has 0 spiro atoms. The van der Waals surface area contributed by atoms with Gasteiger partial charge in [0.05, 0.1) is 13.7 Å². The summed E-state index contributed by atoms with van der Waals surface area (Å²) in [6.45, 7) is -0.0950. The number of halogens is 3. The Hall–Kier alpha value is -2.12. The molecule has 112 valence electrons. The average molecular weight is 292 g/mol. The molecule has 0 saturated carbocycles. The van der Waals surface area contributed by atoms with Crippen molar-refractivity contribution in [1.29, 1.82) is 0 Å². The standard InChI is InChI=1S/C12H15F3N2O3/c1-19-9-5-8(11(16)17-18)6-10(7-9)20-4-2-3-12(13,14)15/h5-7,18H,2-4H2,1H3,(H2,16,17). The molecule has 0 unspecified atom stereocenters. The van der Waals surface area contributed by atoms with Crippen molar-refractivity contribution in [3.05, 3.63) is 23.8 Å². The lowest BCUT2D eigenvalue weighted by molar-refractivity contribution is -0.136. The van der Waals surface area contributed by atoms with Gasteiger partial charge in [0.25, 0.3) is 0 Å². The molecule has 0 atom stereocenters. The number of nitrogens with two attached hydrogens (primary N) is 1. The Balaban J connectivity index is 2.70. The van der Waals surface area contributed by atoms with Crippen LogP contribution < -0.4 is 15.2 Å². The number of hydrogen-bond donors (Lipinski definition) is 2. The van der Waals surface area contributed by atoms with Gasteiger partial charge >= 0.3 is 6.18 Å². The van der Waals surface area contributed by atoms with Gasteiger partial charge in [0.15, 0.2) is 5.84 Å². The van der Waals surface area contributed by atoms with E-state index < -0.39 is 12.6 Å². The third kappa shape index (κ3) is 5.25. The fourth-order valence-electron chi connectivity index (χ4n) is 1.44. The van der Waals surface area contributed by atoms with Gasteiger partial charge < -0.3 is 20.4 Å². The zero-order valence-corrected chi connectivity index (χ0v) is 10.8. The van der Waals surface area contributed by atoms with Crippen LogP contribution in [-0.4, -0.2) is 30.9 Å². The molecule has 1 rings (SSSR count). The van der Waals surface area contributed by atoms with Crippen LogP contribution in [-0.2, 0) is 0 Å². The van der Waals surface area contributed by atoms with E-state index in [1.54, 1.807) is 0 Å². The number of ether oxygens (including phenoxy) is 2. The number of amidine groups is 1. The lowest BCUT2D eigenvalue weighted by atomic mass is 10.2. The van der Waals surface area contributed by atoms with Crippen LogP contribution in [0.5, 0.6) is 11.5 Å². The minimum atomic E-state index is -4.20. The molecule has 8 heteroatoms. The normalized spacial score (nSPS) is 12.3. The van der Waals surface area contributed by atoms with Gasteiger partial charge in [0.1, 0.15) is 11.5 Å². The van der Waals surface area contributed by atoms with E-state index in [9.17, 15) is 13.2 Å². The highest BCUT2D eigenvalue weighted by atomic mass is 19.4. The first-order valence-electron chi connectivity index (χ1n) is 5.72. The molecule has 1 aromatic rings. The molecule has 5 nitrogen and oxygen atoms in total. The lowest BCUT2D eigenvalue weighted by Gasteiger charge is -2.11. The number of benzene rings is 1. The van der Waals surface area contributed by atoms with Gasteiger partial charge in [-0.25, -0.2) is 0 Å². The molecule has 0 saturated heterocycles. The maximum atomic E-state index is 12.0. The van der Waals surface area contributed by atoms with Gasteiger partial charge in [-0.2, -0.15) is 13.2 Å². The van der Waals surface area contributed by atoms with Gasteiger partial charge in [-0.1, -0.05) is 5.16 Å². The summed E-state index contributed by atoms with van der Waals surface area (Å²) in [5.74, 6) is 0.525. The first-order chi connectivity index (χ1) is 9.35. The Morgan fingerprint density at radius 2 is 1.95 bits per heavy atom. The van der Waals surface area contributed by atoms with E-state index in [0.717, 1.165) is 0 Å². The second-order valence-electron chi connectivity index (χ2n) is 3.95. The van der Waals surface area contributed by atoms with E-state index >= 15 is 0 Å². The molecule has 0 fully saturated rings. The van der Waals surface area contributed by atoms with Crippen molar-refractivity contribution in [3.8, 4) is 11.5 Å². The predicted molar refractivity (Wildman–Crippen MR) is 66.3 cm³/mol. The molecule has 20 heavy (non-hydrogen) atoms. The van der Waals surface area contributed by atoms with Crippen LogP contribution in [0, 0.1) is 0 Å². The molecule has 0 aliphatic rings. The van der Waals surface area contributed by atoms with Gasteiger partial charge in [0.2, 0.25) is 0 Å². The molecular formula is C12H15F3N2O3. The first kappa shape index (κ1) is 15.9. The van der Waals surface area contributed by atoms with E-state index in [0.29, 0.717) is 11.3 Å². The number of nitrogens with zero attached hydrogens (tertiary/aromatic N) is 1. The summed E-state index contributed by atoms with van der Waals surface area (Å²) in [5.41, 5.74) is 5.78. The Kier molecular flexibility index (Phi) is 5.48. The maximum absolute atomic E-state index is 12.0. The van der Waals surface area contributed by atoms with Gasteiger partial charge in [0, 0.05) is 18.1 Å². The number of alkyl halides is 3. The predicted octanol–water partition coefficient (Wildman–Crippen LogP) is 2.51. The molecule has 0 bridgehead atoms. The van der Waals surface area contributed by atoms with Crippen molar-refractivity contribution in [3.63, 3.8) is 0 Å². The van der Waals surface area contributed by atoms with E-state index in [1.807, 2.05) is 0 Å². The average Bonchev–Trinajstić information content (AvgIpc) is 2.41. The van der Waals surface area contributed by atoms with Crippen molar-refractivity contribution in [2.45, 2.75) is 19.0 Å². The lowest BCUT2D eigenvalue weighted by Crippen LogP contribution is -2.13. The Bertz CT molecular complexity index is 476. The summed E-state index contributed by atoms with van der Waals surface area (Å²) in [7, 11) is 1.42. The van der Waals surface area contributed by atoms with Crippen molar-refractivity contribution in [2.75, 3.05) is 13.7 Å². The fourth-order valence-corrected chi connectivity index (χ4v) is 1.44. The first-order valence-corrected chi connectivity index (χ1v) is 5.72. The largest absolute Gasteiger partial charge is 0.497 e. The zero-order valence-electron chi connectivity index (χ0n) is 10.8. The molecule has 3 N–H and O–H groups in total. The third-order valence-corrected chi connectivity index (χ3v) is 2.39. The second kappa shape index (κ2) is 6.88. The van der Waals surface area contributed by atoms with Crippen LogP contribution in [0.15, 0.2) is 23.4 Å². The zero-order chi connectivity index (χ0) is 15.2. The minimum absolute atomic E-state index is 0.0950. The summed E-state index contributed by atoms with van der Waals surface area (Å²) in [5, 5.41) is 11.4. The Morgan fingerprint density at radius 3 is 2.50 bits per heavy atom. The smallest absolute Gasteiger partial charge is 0.389 e. The Morgan fingerprint density at radius 1 is 1.30 bits per heavy atom. The highest BCUT2D eigenvalue weighted by molar-refractivity contribution is 5.97.